The molecule has 0 bridgehead atoms. The topological polar surface area (TPSA) is 68.8 Å². The highest BCUT2D eigenvalue weighted by molar-refractivity contribution is 5.97. The Balaban J connectivity index is 1.58. The number of benzene rings is 4. The summed E-state index contributed by atoms with van der Waals surface area (Å²) in [5, 5.41) is 7.19. The van der Waals surface area contributed by atoms with Crippen LogP contribution in [0.25, 0.3) is 0 Å². The van der Waals surface area contributed by atoms with Gasteiger partial charge in [0.15, 0.2) is 5.60 Å². The van der Waals surface area contributed by atoms with Crippen molar-refractivity contribution in [2.75, 3.05) is 17.2 Å². The van der Waals surface area contributed by atoms with Crippen molar-refractivity contribution in [2.24, 2.45) is 5.92 Å². The first-order valence-corrected chi connectivity index (χ1v) is 14.0. The second kappa shape index (κ2) is 10.4. The van der Waals surface area contributed by atoms with Gasteiger partial charge in [0.2, 0.25) is 0 Å². The number of hydrogen-bond donors (Lipinski definition) is 2. The maximum Gasteiger partial charge on any atom is 0.340 e. The Morgan fingerprint density at radius 1 is 0.875 bits per heavy atom. The number of carbonyl (C=O) groups is 1. The van der Waals surface area contributed by atoms with Crippen LogP contribution < -0.4 is 15.4 Å². The molecule has 3 atom stereocenters. The largest absolute Gasteiger partial charge is 0.456 e. The molecule has 3 unspecified atom stereocenters. The van der Waals surface area contributed by atoms with Crippen molar-refractivity contribution in [3.05, 3.63) is 113 Å². The highest BCUT2D eigenvalue weighted by Gasteiger charge is 2.55. The maximum atomic E-state index is 13.5. The summed E-state index contributed by atoms with van der Waals surface area (Å²) in [6.45, 7) is 8.93. The highest BCUT2D eigenvalue weighted by Crippen LogP contribution is 2.59. The molecule has 0 fully saturated rings. The zero-order valence-corrected chi connectivity index (χ0v) is 23.3. The number of hydrogen-bond acceptors (Lipinski definition) is 6. The van der Waals surface area contributed by atoms with E-state index in [2.05, 4.69) is 30.5 Å². The molecule has 2 aliphatic heterocycles. The van der Waals surface area contributed by atoms with E-state index in [1.54, 1.807) is 0 Å². The molecule has 0 aromatic heterocycles. The molecule has 0 saturated carbocycles. The number of ether oxygens (including phenoxy) is 3. The van der Waals surface area contributed by atoms with Gasteiger partial charge in [-0.25, -0.2) is 4.79 Å². The van der Waals surface area contributed by atoms with Crippen molar-refractivity contribution in [1.82, 2.24) is 0 Å². The number of carbonyl (C=O) groups excluding carboxylic acids is 1. The Kier molecular flexibility index (Phi) is 6.72. The lowest BCUT2D eigenvalue weighted by Gasteiger charge is -2.39. The van der Waals surface area contributed by atoms with E-state index >= 15 is 0 Å². The molecule has 2 heterocycles. The highest BCUT2D eigenvalue weighted by atomic mass is 16.6. The van der Waals surface area contributed by atoms with Crippen LogP contribution in [0.1, 0.15) is 59.8 Å². The van der Waals surface area contributed by atoms with Crippen molar-refractivity contribution in [3.8, 4) is 11.5 Å². The fourth-order valence-corrected chi connectivity index (χ4v) is 5.70. The monoisotopic (exact) mass is 534 g/mol. The number of rotatable bonds is 8. The van der Waals surface area contributed by atoms with Gasteiger partial charge in [0.25, 0.3) is 0 Å². The average Bonchev–Trinajstić information content (AvgIpc) is 3.26. The molecule has 204 valence electrons. The molecule has 0 radical (unpaired) electrons. The van der Waals surface area contributed by atoms with E-state index in [-0.39, 0.29) is 18.1 Å². The van der Waals surface area contributed by atoms with E-state index in [4.69, 9.17) is 14.2 Å². The zero-order valence-electron chi connectivity index (χ0n) is 23.3. The van der Waals surface area contributed by atoms with Crippen LogP contribution in [0.2, 0.25) is 0 Å². The summed E-state index contributed by atoms with van der Waals surface area (Å²) < 4.78 is 19.2. The van der Waals surface area contributed by atoms with Gasteiger partial charge in [0, 0.05) is 40.7 Å². The summed E-state index contributed by atoms with van der Waals surface area (Å²) >= 11 is 0. The van der Waals surface area contributed by atoms with Gasteiger partial charge in [-0.15, -0.1) is 0 Å². The van der Waals surface area contributed by atoms with Gasteiger partial charge in [-0.3, -0.25) is 0 Å². The minimum absolute atomic E-state index is 0.222. The normalized spacial score (nSPS) is 18.1. The molecule has 0 saturated heterocycles. The van der Waals surface area contributed by atoms with Gasteiger partial charge >= 0.3 is 5.97 Å². The number of aryl methyl sites for hydroxylation is 1. The molecule has 4 aromatic rings. The molecular formula is C34H34N2O4. The lowest BCUT2D eigenvalue weighted by Crippen LogP contribution is -2.36. The van der Waals surface area contributed by atoms with Crippen LogP contribution in [-0.2, 0) is 15.1 Å². The second-order valence-corrected chi connectivity index (χ2v) is 10.5. The molecule has 0 aliphatic carbocycles. The SMILES string of the molecule is CCOC(Nc1cccc2c1C1(OC(=O)c3ccccc31)c1cc(Nc3ccccc3)c(C)cc1O2)C(C)CC. The zero-order chi connectivity index (χ0) is 27.9. The number of nitrogens with one attached hydrogen (secondary N) is 2. The molecular weight excluding hydrogens is 500 g/mol. The minimum atomic E-state index is -1.20. The molecule has 40 heavy (non-hydrogen) atoms. The molecule has 0 amide bonds. The van der Waals surface area contributed by atoms with Crippen molar-refractivity contribution < 1.29 is 19.0 Å². The van der Waals surface area contributed by atoms with Crippen LogP contribution in [0.15, 0.2) is 84.9 Å². The van der Waals surface area contributed by atoms with Gasteiger partial charge in [0.1, 0.15) is 17.7 Å². The van der Waals surface area contributed by atoms with E-state index in [9.17, 15) is 4.79 Å². The first kappa shape index (κ1) is 26.0. The molecule has 6 nitrogen and oxygen atoms in total. The van der Waals surface area contributed by atoms with Crippen LogP contribution in [0.4, 0.5) is 17.1 Å². The predicted molar refractivity (Wildman–Crippen MR) is 158 cm³/mol. The van der Waals surface area contributed by atoms with Crippen molar-refractivity contribution in [1.29, 1.82) is 0 Å². The summed E-state index contributed by atoms with van der Waals surface area (Å²) in [6, 6.07) is 27.6. The van der Waals surface area contributed by atoms with Crippen LogP contribution >= 0.6 is 0 Å². The summed E-state index contributed by atoms with van der Waals surface area (Å²) in [5.41, 5.74) is 5.39. The standard InChI is InChI=1S/C34H34N2O4/c1-5-21(3)32(38-6-2)36-27-17-12-18-29-31(27)34(25-16-11-10-15-24(25)33(37)40-34)26-20-28(22(4)19-30(26)39-29)35-23-13-8-7-9-14-23/h7-21,32,35-36H,5-6H2,1-4H3. The van der Waals surface area contributed by atoms with Gasteiger partial charge < -0.3 is 24.8 Å². The van der Waals surface area contributed by atoms with Gasteiger partial charge in [-0.05, 0) is 68.3 Å². The molecule has 2 N–H and O–H groups in total. The lowest BCUT2D eigenvalue weighted by atomic mass is 9.76. The van der Waals surface area contributed by atoms with E-state index in [1.165, 1.54) is 0 Å². The Labute approximate surface area is 235 Å². The minimum Gasteiger partial charge on any atom is -0.456 e. The Hall–Kier alpha value is -4.29. The first-order chi connectivity index (χ1) is 19.5. The van der Waals surface area contributed by atoms with E-state index in [0.29, 0.717) is 23.7 Å². The fourth-order valence-electron chi connectivity index (χ4n) is 5.70. The first-order valence-electron chi connectivity index (χ1n) is 14.0. The van der Waals surface area contributed by atoms with Crippen LogP contribution in [0.5, 0.6) is 11.5 Å². The summed E-state index contributed by atoms with van der Waals surface area (Å²) in [5.74, 6) is 1.20. The lowest BCUT2D eigenvalue weighted by molar-refractivity contribution is 0.0222. The Morgan fingerprint density at radius 3 is 2.42 bits per heavy atom. The number of para-hydroxylation sites is 1. The third kappa shape index (κ3) is 4.20. The van der Waals surface area contributed by atoms with E-state index < -0.39 is 5.60 Å². The fraction of sp³-hybridized carbons (Fsp3) is 0.265. The third-order valence-corrected chi connectivity index (χ3v) is 7.93. The summed E-state index contributed by atoms with van der Waals surface area (Å²) in [7, 11) is 0. The smallest absolute Gasteiger partial charge is 0.340 e. The Morgan fingerprint density at radius 2 is 1.65 bits per heavy atom. The van der Waals surface area contributed by atoms with Gasteiger partial charge in [0.05, 0.1) is 11.1 Å². The molecule has 1 spiro atoms. The number of esters is 1. The molecule has 2 aliphatic rings. The average molecular weight is 535 g/mol. The number of fused-ring (bicyclic) bond motifs is 6. The van der Waals surface area contributed by atoms with Crippen LogP contribution in [0, 0.1) is 12.8 Å². The molecule has 6 rings (SSSR count). The molecule has 6 heteroatoms. The van der Waals surface area contributed by atoms with Gasteiger partial charge in [-0.1, -0.05) is 56.3 Å². The summed E-state index contributed by atoms with van der Waals surface area (Å²) in [4.78, 5) is 13.5. The molecule has 4 aromatic carbocycles. The number of anilines is 3. The van der Waals surface area contributed by atoms with Crippen molar-refractivity contribution in [2.45, 2.75) is 45.9 Å². The van der Waals surface area contributed by atoms with Crippen molar-refractivity contribution >= 4 is 23.0 Å². The van der Waals surface area contributed by atoms with Crippen LogP contribution in [0.3, 0.4) is 0 Å². The van der Waals surface area contributed by atoms with Crippen LogP contribution in [-0.4, -0.2) is 18.8 Å². The maximum absolute atomic E-state index is 13.5. The van der Waals surface area contributed by atoms with E-state index in [0.717, 1.165) is 45.7 Å². The summed E-state index contributed by atoms with van der Waals surface area (Å²) in [6.07, 6.45) is 0.726. The quantitative estimate of drug-likeness (QED) is 0.176. The van der Waals surface area contributed by atoms with E-state index in [1.807, 2.05) is 92.7 Å². The Bertz CT molecular complexity index is 1570. The van der Waals surface area contributed by atoms with Gasteiger partial charge in [-0.2, -0.15) is 0 Å². The third-order valence-electron chi connectivity index (χ3n) is 7.93. The predicted octanol–water partition coefficient (Wildman–Crippen LogP) is 8.13. The van der Waals surface area contributed by atoms with Crippen molar-refractivity contribution in [3.63, 3.8) is 0 Å². The second-order valence-electron chi connectivity index (χ2n) is 10.5.